The fourth-order valence-electron chi connectivity index (χ4n) is 6.17. The molecule has 0 radical (unpaired) electrons. The molecular formula is C26H36N2O. The minimum absolute atomic E-state index is 0.310. The average Bonchev–Trinajstić information content (AvgIpc) is 3.50. The highest BCUT2D eigenvalue weighted by molar-refractivity contribution is 5.80. The van der Waals surface area contributed by atoms with E-state index >= 15 is 0 Å². The van der Waals surface area contributed by atoms with E-state index in [0.29, 0.717) is 23.7 Å². The van der Waals surface area contributed by atoms with Gasteiger partial charge in [0.15, 0.2) is 0 Å². The molecule has 0 spiro atoms. The first-order chi connectivity index (χ1) is 14.3. The van der Waals surface area contributed by atoms with Crippen LogP contribution in [0.4, 0.5) is 0 Å². The summed E-state index contributed by atoms with van der Waals surface area (Å²) in [5.41, 5.74) is 4.34. The molecule has 1 amide bonds. The highest BCUT2D eigenvalue weighted by atomic mass is 16.2. The van der Waals surface area contributed by atoms with Gasteiger partial charge in [-0.1, -0.05) is 49.6 Å². The number of carbonyl (C=O) groups is 1. The molecule has 3 nitrogen and oxygen atoms in total. The van der Waals surface area contributed by atoms with E-state index in [-0.39, 0.29) is 0 Å². The van der Waals surface area contributed by atoms with E-state index in [0.717, 1.165) is 38.8 Å². The second-order valence-electron chi connectivity index (χ2n) is 9.84. The maximum atomic E-state index is 13.0. The number of rotatable bonds is 5. The molecule has 3 heteroatoms. The summed E-state index contributed by atoms with van der Waals surface area (Å²) in [7, 11) is 0. The lowest BCUT2D eigenvalue weighted by Crippen LogP contribution is -2.35. The standard InChI is InChI=1S/C26H36N2O/c29-26(22-6-2-1-3-7-22)28-18-23-12-13-24(25(23)19-28)21-10-8-20(9-11-21)14-17-27-15-4-5-16-27/h8-11,13,22-23,25H,1-7,12,14-19H2. The highest BCUT2D eigenvalue weighted by Gasteiger charge is 2.41. The van der Waals surface area contributed by atoms with Crippen molar-refractivity contribution in [3.8, 4) is 0 Å². The molecule has 0 N–H and O–H groups in total. The number of hydrogen-bond acceptors (Lipinski definition) is 2. The second-order valence-corrected chi connectivity index (χ2v) is 9.84. The van der Waals surface area contributed by atoms with Gasteiger partial charge in [0.25, 0.3) is 0 Å². The molecule has 156 valence electrons. The molecule has 1 aromatic rings. The molecule has 4 aliphatic rings. The summed E-state index contributed by atoms with van der Waals surface area (Å²) in [5, 5.41) is 0. The van der Waals surface area contributed by atoms with E-state index in [2.05, 4.69) is 40.1 Å². The van der Waals surface area contributed by atoms with Crippen LogP contribution >= 0.6 is 0 Å². The molecule has 2 aliphatic carbocycles. The quantitative estimate of drug-likeness (QED) is 0.721. The van der Waals surface area contributed by atoms with E-state index in [1.54, 1.807) is 0 Å². The number of nitrogens with zero attached hydrogens (tertiary/aromatic N) is 2. The first-order valence-electron chi connectivity index (χ1n) is 12.1. The minimum atomic E-state index is 0.310. The zero-order valence-electron chi connectivity index (χ0n) is 17.8. The first-order valence-corrected chi connectivity index (χ1v) is 12.1. The molecule has 3 fully saturated rings. The van der Waals surface area contributed by atoms with Crippen LogP contribution < -0.4 is 0 Å². The van der Waals surface area contributed by atoms with Gasteiger partial charge >= 0.3 is 0 Å². The van der Waals surface area contributed by atoms with Crippen LogP contribution in [0.25, 0.3) is 5.57 Å². The van der Waals surface area contributed by atoms with Crippen LogP contribution in [0.5, 0.6) is 0 Å². The van der Waals surface area contributed by atoms with Crippen molar-refractivity contribution in [3.63, 3.8) is 0 Å². The number of fused-ring (bicyclic) bond motifs is 1. The van der Waals surface area contributed by atoms with Crippen molar-refractivity contribution >= 4 is 11.5 Å². The van der Waals surface area contributed by atoms with Gasteiger partial charge in [-0.3, -0.25) is 4.79 Å². The molecular weight excluding hydrogens is 356 g/mol. The van der Waals surface area contributed by atoms with Gasteiger partial charge in [0, 0.05) is 31.5 Å². The lowest BCUT2D eigenvalue weighted by molar-refractivity contribution is -0.135. The van der Waals surface area contributed by atoms with Gasteiger partial charge in [0.05, 0.1) is 0 Å². The Morgan fingerprint density at radius 2 is 1.69 bits per heavy atom. The third kappa shape index (κ3) is 4.17. The first kappa shape index (κ1) is 19.4. The van der Waals surface area contributed by atoms with Crippen LogP contribution in [-0.4, -0.2) is 48.4 Å². The van der Waals surface area contributed by atoms with Gasteiger partial charge in [-0.05, 0) is 74.2 Å². The molecule has 2 unspecified atom stereocenters. The highest BCUT2D eigenvalue weighted by Crippen LogP contribution is 2.43. The Kier molecular flexibility index (Phi) is 5.76. The van der Waals surface area contributed by atoms with E-state index in [4.69, 9.17) is 0 Å². The zero-order valence-corrected chi connectivity index (χ0v) is 17.8. The van der Waals surface area contributed by atoms with Gasteiger partial charge in [-0.25, -0.2) is 0 Å². The summed E-state index contributed by atoms with van der Waals surface area (Å²) < 4.78 is 0. The minimum Gasteiger partial charge on any atom is -0.342 e. The fourth-order valence-corrected chi connectivity index (χ4v) is 6.17. The molecule has 29 heavy (non-hydrogen) atoms. The van der Waals surface area contributed by atoms with Crippen LogP contribution in [0, 0.1) is 17.8 Å². The predicted molar refractivity (Wildman–Crippen MR) is 119 cm³/mol. The molecule has 1 saturated carbocycles. The average molecular weight is 393 g/mol. The Labute approximate surface area is 176 Å². The largest absolute Gasteiger partial charge is 0.342 e. The Hall–Kier alpha value is -1.61. The Balaban J connectivity index is 1.19. The van der Waals surface area contributed by atoms with Crippen LogP contribution in [0.3, 0.4) is 0 Å². The van der Waals surface area contributed by atoms with Crippen molar-refractivity contribution in [2.45, 2.75) is 57.8 Å². The van der Waals surface area contributed by atoms with Gasteiger partial charge in [0.2, 0.25) is 5.91 Å². The molecule has 5 rings (SSSR count). The molecule has 0 bridgehead atoms. The lowest BCUT2D eigenvalue weighted by atomic mass is 9.88. The van der Waals surface area contributed by atoms with Gasteiger partial charge < -0.3 is 9.80 Å². The number of likely N-dealkylation sites (tertiary alicyclic amines) is 2. The molecule has 2 saturated heterocycles. The smallest absolute Gasteiger partial charge is 0.225 e. The van der Waals surface area contributed by atoms with Crippen LogP contribution in [0.1, 0.15) is 62.5 Å². The number of benzene rings is 1. The van der Waals surface area contributed by atoms with Gasteiger partial charge in [-0.2, -0.15) is 0 Å². The Bertz CT molecular complexity index is 740. The van der Waals surface area contributed by atoms with Crippen molar-refractivity contribution in [1.82, 2.24) is 9.80 Å². The molecule has 0 aromatic heterocycles. The Morgan fingerprint density at radius 1 is 0.931 bits per heavy atom. The molecule has 2 heterocycles. The van der Waals surface area contributed by atoms with Crippen LogP contribution in [0.15, 0.2) is 30.3 Å². The van der Waals surface area contributed by atoms with Crippen LogP contribution in [0.2, 0.25) is 0 Å². The number of amides is 1. The van der Waals surface area contributed by atoms with Gasteiger partial charge in [0.1, 0.15) is 0 Å². The summed E-state index contributed by atoms with van der Waals surface area (Å²) >= 11 is 0. The van der Waals surface area contributed by atoms with Crippen molar-refractivity contribution in [2.75, 3.05) is 32.7 Å². The summed E-state index contributed by atoms with van der Waals surface area (Å²) in [6.07, 6.45) is 13.5. The number of carbonyl (C=O) groups excluding carboxylic acids is 1. The summed E-state index contributed by atoms with van der Waals surface area (Å²) in [6, 6.07) is 9.33. The maximum absolute atomic E-state index is 13.0. The summed E-state index contributed by atoms with van der Waals surface area (Å²) in [6.45, 7) is 5.69. The van der Waals surface area contributed by atoms with E-state index in [1.165, 1.54) is 68.4 Å². The van der Waals surface area contributed by atoms with E-state index < -0.39 is 0 Å². The van der Waals surface area contributed by atoms with Crippen molar-refractivity contribution in [2.24, 2.45) is 17.8 Å². The third-order valence-corrected chi connectivity index (χ3v) is 7.95. The molecule has 1 aromatic carbocycles. The van der Waals surface area contributed by atoms with E-state index in [9.17, 15) is 4.79 Å². The second kappa shape index (κ2) is 8.63. The maximum Gasteiger partial charge on any atom is 0.225 e. The summed E-state index contributed by atoms with van der Waals surface area (Å²) in [4.78, 5) is 17.8. The SMILES string of the molecule is O=C(C1CCCCC1)N1CC2CC=C(c3ccc(CCN4CCCC4)cc3)C2C1. The van der Waals surface area contributed by atoms with Crippen molar-refractivity contribution < 1.29 is 4.79 Å². The Morgan fingerprint density at radius 3 is 2.45 bits per heavy atom. The predicted octanol–water partition coefficient (Wildman–Crippen LogP) is 4.77. The normalized spacial score (nSPS) is 28.0. The third-order valence-electron chi connectivity index (χ3n) is 7.95. The monoisotopic (exact) mass is 392 g/mol. The van der Waals surface area contributed by atoms with Crippen molar-refractivity contribution in [1.29, 1.82) is 0 Å². The number of allylic oxidation sites excluding steroid dienone is 1. The van der Waals surface area contributed by atoms with E-state index in [1.807, 2.05) is 0 Å². The fraction of sp³-hybridized carbons (Fsp3) is 0.654. The number of hydrogen-bond donors (Lipinski definition) is 0. The topological polar surface area (TPSA) is 23.6 Å². The lowest BCUT2D eigenvalue weighted by Gasteiger charge is -2.26. The molecule has 2 atom stereocenters. The van der Waals surface area contributed by atoms with Gasteiger partial charge in [-0.15, -0.1) is 0 Å². The summed E-state index contributed by atoms with van der Waals surface area (Å²) in [5.74, 6) is 1.96. The molecule has 2 aliphatic heterocycles. The van der Waals surface area contributed by atoms with Crippen LogP contribution in [-0.2, 0) is 11.2 Å². The zero-order chi connectivity index (χ0) is 19.6. The van der Waals surface area contributed by atoms with Crippen molar-refractivity contribution in [3.05, 3.63) is 41.5 Å².